The molecule has 1 fully saturated rings. The van der Waals surface area contributed by atoms with Crippen LogP contribution in [0.3, 0.4) is 0 Å². The molecule has 0 atom stereocenters. The third kappa shape index (κ3) is 4.65. The van der Waals surface area contributed by atoms with E-state index in [2.05, 4.69) is 19.6 Å². The van der Waals surface area contributed by atoms with E-state index in [1.54, 1.807) is 0 Å². The van der Waals surface area contributed by atoms with Gasteiger partial charge in [0.05, 0.1) is 12.4 Å². The Bertz CT molecular complexity index is 297. The van der Waals surface area contributed by atoms with E-state index in [0.29, 0.717) is 0 Å². The van der Waals surface area contributed by atoms with Gasteiger partial charge in [0.1, 0.15) is 0 Å². The second kappa shape index (κ2) is 4.55. The van der Waals surface area contributed by atoms with Gasteiger partial charge < -0.3 is 0 Å². The second-order valence-corrected chi connectivity index (χ2v) is 12.8. The van der Waals surface area contributed by atoms with Crippen LogP contribution < -0.4 is 0 Å². The Morgan fingerprint density at radius 3 is 1.87 bits per heavy atom. The van der Waals surface area contributed by atoms with Gasteiger partial charge in [-0.2, -0.15) is 8.42 Å². The molecule has 1 saturated carbocycles. The molecule has 0 amide bonds. The van der Waals surface area contributed by atoms with Crippen molar-refractivity contribution < 1.29 is 12.6 Å². The Morgan fingerprint density at radius 2 is 1.53 bits per heavy atom. The molecule has 0 radical (unpaired) electrons. The van der Waals surface area contributed by atoms with Crippen molar-refractivity contribution in [3.05, 3.63) is 0 Å². The van der Waals surface area contributed by atoms with E-state index < -0.39 is 18.2 Å². The molecular formula is C10H22O3SSi. The topological polar surface area (TPSA) is 43.4 Å². The lowest BCUT2D eigenvalue weighted by molar-refractivity contribution is 0.163. The van der Waals surface area contributed by atoms with Crippen LogP contribution in [0.4, 0.5) is 0 Å². The van der Waals surface area contributed by atoms with E-state index in [1.165, 1.54) is 0 Å². The first-order chi connectivity index (χ1) is 6.68. The van der Waals surface area contributed by atoms with Crippen LogP contribution in [-0.4, -0.2) is 28.9 Å². The molecule has 0 aromatic rings. The molecule has 0 saturated heterocycles. The summed E-state index contributed by atoms with van der Waals surface area (Å²) < 4.78 is 27.0. The third-order valence-electron chi connectivity index (χ3n) is 3.21. The fraction of sp³-hybridized carbons (Fsp3) is 1.00. The van der Waals surface area contributed by atoms with Gasteiger partial charge in [-0.3, -0.25) is 4.18 Å². The summed E-state index contributed by atoms with van der Waals surface area (Å²) in [5.74, 6) is 0. The summed E-state index contributed by atoms with van der Waals surface area (Å²) >= 11 is 0. The van der Waals surface area contributed by atoms with E-state index in [4.69, 9.17) is 4.18 Å². The molecule has 5 heteroatoms. The fourth-order valence-corrected chi connectivity index (χ4v) is 5.02. The van der Waals surface area contributed by atoms with Crippen LogP contribution in [-0.2, 0) is 14.3 Å². The molecule has 0 spiro atoms. The molecule has 15 heavy (non-hydrogen) atoms. The van der Waals surface area contributed by atoms with Gasteiger partial charge in [-0.1, -0.05) is 32.5 Å². The zero-order valence-corrected chi connectivity index (χ0v) is 11.9. The van der Waals surface area contributed by atoms with E-state index in [1.807, 2.05) is 0 Å². The SMILES string of the molecule is C[Si](C)(C)C1CCC(OS(C)(=O)=O)CC1. The van der Waals surface area contributed by atoms with Gasteiger partial charge >= 0.3 is 0 Å². The Hall–Kier alpha value is 0.127. The fourth-order valence-electron chi connectivity index (χ4n) is 2.27. The first-order valence-electron chi connectivity index (χ1n) is 5.57. The molecule has 0 unspecified atom stereocenters. The molecule has 1 rings (SSSR count). The van der Waals surface area contributed by atoms with Crippen molar-refractivity contribution >= 4 is 18.2 Å². The minimum absolute atomic E-state index is 0.0624. The number of rotatable bonds is 3. The smallest absolute Gasteiger partial charge is 0.264 e. The highest BCUT2D eigenvalue weighted by molar-refractivity contribution is 7.86. The van der Waals surface area contributed by atoms with Crippen LogP contribution in [0.5, 0.6) is 0 Å². The average Bonchev–Trinajstić information content (AvgIpc) is 2.00. The van der Waals surface area contributed by atoms with Crippen molar-refractivity contribution in [2.45, 2.75) is 57.0 Å². The monoisotopic (exact) mass is 250 g/mol. The van der Waals surface area contributed by atoms with Crippen LogP contribution in [0.25, 0.3) is 0 Å². The van der Waals surface area contributed by atoms with Crippen LogP contribution in [0.1, 0.15) is 25.7 Å². The van der Waals surface area contributed by atoms with Crippen LogP contribution in [0, 0.1) is 0 Å². The molecule has 0 N–H and O–H groups in total. The summed E-state index contributed by atoms with van der Waals surface area (Å²) in [6.07, 6.45) is 5.15. The van der Waals surface area contributed by atoms with Crippen LogP contribution >= 0.6 is 0 Å². The minimum Gasteiger partial charge on any atom is -0.267 e. The molecule has 90 valence electrons. The highest BCUT2D eigenvalue weighted by Gasteiger charge is 2.32. The predicted octanol–water partition coefficient (Wildman–Crippen LogP) is 2.61. The standard InChI is InChI=1S/C10H22O3SSi/c1-14(11,12)13-9-5-7-10(8-6-9)15(2,3)4/h9-10H,5-8H2,1-4H3. The van der Waals surface area contributed by atoms with Gasteiger partial charge in [0, 0.05) is 8.07 Å². The molecule has 0 heterocycles. The van der Waals surface area contributed by atoms with Crippen molar-refractivity contribution in [2.75, 3.05) is 6.26 Å². The molecule has 0 aromatic carbocycles. The largest absolute Gasteiger partial charge is 0.267 e. The van der Waals surface area contributed by atoms with Crippen molar-refractivity contribution in [1.82, 2.24) is 0 Å². The Balaban J connectivity index is 2.43. The molecule has 0 bridgehead atoms. The lowest BCUT2D eigenvalue weighted by atomic mass is 9.97. The lowest BCUT2D eigenvalue weighted by Gasteiger charge is -2.35. The number of hydrogen-bond donors (Lipinski definition) is 0. The molecule has 0 aromatic heterocycles. The summed E-state index contributed by atoms with van der Waals surface area (Å²) in [4.78, 5) is 0. The van der Waals surface area contributed by atoms with E-state index >= 15 is 0 Å². The normalized spacial score (nSPS) is 29.1. The zero-order chi connectivity index (χ0) is 11.7. The Morgan fingerprint density at radius 1 is 1.07 bits per heavy atom. The highest BCUT2D eigenvalue weighted by atomic mass is 32.2. The van der Waals surface area contributed by atoms with Crippen molar-refractivity contribution in [3.8, 4) is 0 Å². The zero-order valence-electron chi connectivity index (χ0n) is 10.1. The second-order valence-electron chi connectivity index (χ2n) is 5.64. The number of hydrogen-bond acceptors (Lipinski definition) is 3. The van der Waals surface area contributed by atoms with Gasteiger partial charge in [0.25, 0.3) is 10.1 Å². The lowest BCUT2D eigenvalue weighted by Crippen LogP contribution is -2.33. The summed E-state index contributed by atoms with van der Waals surface area (Å²) in [6, 6.07) is 0. The maximum Gasteiger partial charge on any atom is 0.264 e. The molecular weight excluding hydrogens is 228 g/mol. The summed E-state index contributed by atoms with van der Waals surface area (Å²) in [5, 5.41) is 0. The first kappa shape index (κ1) is 13.2. The highest BCUT2D eigenvalue weighted by Crippen LogP contribution is 2.38. The average molecular weight is 250 g/mol. The van der Waals surface area contributed by atoms with Crippen LogP contribution in [0.2, 0.25) is 25.2 Å². The maximum absolute atomic E-state index is 11.0. The summed E-state index contributed by atoms with van der Waals surface area (Å²) in [5.41, 5.74) is 0.830. The molecule has 0 aliphatic heterocycles. The van der Waals surface area contributed by atoms with Gasteiger partial charge in [0.2, 0.25) is 0 Å². The van der Waals surface area contributed by atoms with Gasteiger partial charge in [-0.15, -0.1) is 0 Å². The maximum atomic E-state index is 11.0. The van der Waals surface area contributed by atoms with E-state index in [9.17, 15) is 8.42 Å². The van der Waals surface area contributed by atoms with Gasteiger partial charge in [0.15, 0.2) is 0 Å². The Kier molecular flexibility index (Phi) is 4.00. The van der Waals surface area contributed by atoms with Crippen molar-refractivity contribution in [3.63, 3.8) is 0 Å². The van der Waals surface area contributed by atoms with Crippen molar-refractivity contribution in [1.29, 1.82) is 0 Å². The van der Waals surface area contributed by atoms with E-state index in [0.717, 1.165) is 37.5 Å². The predicted molar refractivity (Wildman–Crippen MR) is 65.3 cm³/mol. The minimum atomic E-state index is -3.27. The van der Waals surface area contributed by atoms with E-state index in [-0.39, 0.29) is 6.10 Å². The quantitative estimate of drug-likeness (QED) is 0.571. The van der Waals surface area contributed by atoms with Crippen molar-refractivity contribution in [2.24, 2.45) is 0 Å². The molecule has 1 aliphatic rings. The molecule has 1 aliphatic carbocycles. The summed E-state index contributed by atoms with van der Waals surface area (Å²) in [7, 11) is -4.31. The first-order valence-corrected chi connectivity index (χ1v) is 11.0. The van der Waals surface area contributed by atoms with Crippen LogP contribution in [0.15, 0.2) is 0 Å². The molecule has 3 nitrogen and oxygen atoms in total. The third-order valence-corrected chi connectivity index (χ3v) is 6.86. The van der Waals surface area contributed by atoms with Gasteiger partial charge in [-0.25, -0.2) is 0 Å². The van der Waals surface area contributed by atoms with Gasteiger partial charge in [-0.05, 0) is 18.4 Å². The summed E-state index contributed by atoms with van der Waals surface area (Å²) in [6.45, 7) is 7.15. The Labute approximate surface area is 94.3 Å².